The van der Waals surface area contributed by atoms with Crippen molar-refractivity contribution in [2.45, 2.75) is 19.8 Å². The number of thiazole rings is 1. The van der Waals surface area contributed by atoms with Crippen LogP contribution < -0.4 is 5.32 Å². The van der Waals surface area contributed by atoms with Gasteiger partial charge < -0.3 is 15.1 Å². The smallest absolute Gasteiger partial charge is 0.319 e. The van der Waals surface area contributed by atoms with E-state index in [1.54, 1.807) is 23.9 Å². The Bertz CT molecular complexity index is 827. The Hall–Kier alpha value is -2.12. The topological polar surface area (TPSA) is 65.5 Å². The number of urea groups is 1. The summed E-state index contributed by atoms with van der Waals surface area (Å²) in [6.07, 6.45) is 1.33. The highest BCUT2D eigenvalue weighted by atomic mass is 35.5. The van der Waals surface area contributed by atoms with E-state index < -0.39 is 0 Å². The summed E-state index contributed by atoms with van der Waals surface area (Å²) >= 11 is 7.41. The Morgan fingerprint density at radius 2 is 1.85 bits per heavy atom. The van der Waals surface area contributed by atoms with Crippen molar-refractivity contribution < 1.29 is 9.59 Å². The summed E-state index contributed by atoms with van der Waals surface area (Å²) in [5, 5.41) is 4.24. The van der Waals surface area contributed by atoms with Crippen molar-refractivity contribution in [3.63, 3.8) is 0 Å². The van der Waals surface area contributed by atoms with Crippen LogP contribution in [0.2, 0.25) is 5.02 Å². The number of halogens is 1. The molecular formula is C19H23ClN4O2S. The highest BCUT2D eigenvalue weighted by Crippen LogP contribution is 2.31. The van der Waals surface area contributed by atoms with Crippen LogP contribution in [0.15, 0.2) is 24.3 Å². The molecule has 0 radical (unpaired) electrons. The van der Waals surface area contributed by atoms with Crippen molar-refractivity contribution in [3.05, 3.63) is 34.2 Å². The highest BCUT2D eigenvalue weighted by Gasteiger charge is 2.28. The molecule has 1 fully saturated rings. The first-order valence-electron chi connectivity index (χ1n) is 8.85. The van der Waals surface area contributed by atoms with Gasteiger partial charge in [-0.05, 0) is 31.9 Å². The van der Waals surface area contributed by atoms with Gasteiger partial charge in [0.05, 0.1) is 5.69 Å². The maximum Gasteiger partial charge on any atom is 0.319 e. The molecule has 1 aliphatic heterocycles. The van der Waals surface area contributed by atoms with Gasteiger partial charge in [0, 0.05) is 48.6 Å². The Morgan fingerprint density at radius 3 is 2.44 bits per heavy atom. The second-order valence-electron chi connectivity index (χ2n) is 6.86. The summed E-state index contributed by atoms with van der Waals surface area (Å²) in [5.41, 5.74) is 1.84. The lowest BCUT2D eigenvalue weighted by Gasteiger charge is -2.32. The van der Waals surface area contributed by atoms with E-state index in [-0.39, 0.29) is 17.9 Å². The summed E-state index contributed by atoms with van der Waals surface area (Å²) in [7, 11) is 3.48. The zero-order valence-corrected chi connectivity index (χ0v) is 17.2. The van der Waals surface area contributed by atoms with Crippen molar-refractivity contribution in [1.29, 1.82) is 0 Å². The number of nitrogens with one attached hydrogen (secondary N) is 1. The van der Waals surface area contributed by atoms with Crippen LogP contribution in [-0.4, -0.2) is 53.9 Å². The van der Waals surface area contributed by atoms with Crippen LogP contribution >= 0.6 is 22.9 Å². The lowest BCUT2D eigenvalue weighted by molar-refractivity contribution is -0.121. The van der Waals surface area contributed by atoms with Crippen LogP contribution in [0, 0.1) is 12.8 Å². The van der Waals surface area contributed by atoms with Gasteiger partial charge in [-0.25, -0.2) is 9.78 Å². The highest BCUT2D eigenvalue weighted by molar-refractivity contribution is 7.16. The number of nitrogens with zero attached hydrogens (tertiary/aromatic N) is 3. The maximum atomic E-state index is 12.6. The Balaban J connectivity index is 1.61. The predicted octanol–water partition coefficient (Wildman–Crippen LogP) is 4.10. The number of aromatic nitrogens is 1. The number of likely N-dealkylation sites (tertiary alicyclic amines) is 1. The first-order valence-corrected chi connectivity index (χ1v) is 10.0. The molecule has 1 N–H and O–H groups in total. The maximum absolute atomic E-state index is 12.6. The van der Waals surface area contributed by atoms with Crippen molar-refractivity contribution in [2.75, 3.05) is 32.5 Å². The summed E-state index contributed by atoms with van der Waals surface area (Å²) in [6.45, 7) is 3.19. The molecule has 1 saturated heterocycles. The predicted molar refractivity (Wildman–Crippen MR) is 109 cm³/mol. The van der Waals surface area contributed by atoms with Gasteiger partial charge in [-0.3, -0.25) is 4.79 Å². The Kier molecular flexibility index (Phi) is 6.01. The number of piperidine rings is 1. The van der Waals surface area contributed by atoms with Crippen LogP contribution in [0.25, 0.3) is 11.3 Å². The van der Waals surface area contributed by atoms with Crippen LogP contribution in [0.1, 0.15) is 17.7 Å². The number of aryl methyl sites for hydroxylation is 1. The molecule has 8 heteroatoms. The van der Waals surface area contributed by atoms with Crippen molar-refractivity contribution >= 4 is 40.0 Å². The van der Waals surface area contributed by atoms with Crippen LogP contribution in [0.5, 0.6) is 0 Å². The number of carbonyl (C=O) groups excluding carboxylic acids is 2. The van der Waals surface area contributed by atoms with E-state index in [2.05, 4.69) is 10.3 Å². The monoisotopic (exact) mass is 406 g/mol. The van der Waals surface area contributed by atoms with E-state index in [1.807, 2.05) is 31.2 Å². The van der Waals surface area contributed by atoms with Crippen LogP contribution in [0.4, 0.5) is 9.93 Å². The molecule has 1 aromatic carbocycles. The molecule has 0 aliphatic carbocycles. The van der Waals surface area contributed by atoms with Crippen LogP contribution in [0.3, 0.4) is 0 Å². The van der Waals surface area contributed by atoms with E-state index in [0.717, 1.165) is 16.1 Å². The van der Waals surface area contributed by atoms with Gasteiger partial charge in [0.15, 0.2) is 5.13 Å². The largest absolute Gasteiger partial charge is 0.331 e. The quantitative estimate of drug-likeness (QED) is 0.834. The van der Waals surface area contributed by atoms with Gasteiger partial charge in [-0.15, -0.1) is 11.3 Å². The third-order valence-corrected chi connectivity index (χ3v) is 5.80. The van der Waals surface area contributed by atoms with Crippen molar-refractivity contribution in [1.82, 2.24) is 14.8 Å². The number of hydrogen-bond acceptors (Lipinski definition) is 4. The summed E-state index contributed by atoms with van der Waals surface area (Å²) in [6, 6.07) is 7.51. The summed E-state index contributed by atoms with van der Waals surface area (Å²) in [4.78, 5) is 33.6. The van der Waals surface area contributed by atoms with Crippen molar-refractivity contribution in [2.24, 2.45) is 5.92 Å². The first-order chi connectivity index (χ1) is 12.8. The third kappa shape index (κ3) is 4.59. The SMILES string of the molecule is Cc1sc(NC(=O)C2CCN(C(=O)N(C)C)CC2)nc1-c1ccc(Cl)cc1. The number of anilines is 1. The van der Waals surface area contributed by atoms with E-state index in [1.165, 1.54) is 11.3 Å². The fourth-order valence-corrected chi connectivity index (χ4v) is 4.11. The zero-order valence-electron chi connectivity index (χ0n) is 15.7. The van der Waals surface area contributed by atoms with E-state index in [9.17, 15) is 9.59 Å². The molecule has 1 aromatic heterocycles. The molecule has 2 aromatic rings. The van der Waals surface area contributed by atoms with Gasteiger partial charge in [0.2, 0.25) is 5.91 Å². The minimum atomic E-state index is -0.0978. The molecule has 0 saturated carbocycles. The van der Waals surface area contributed by atoms with Gasteiger partial charge in [-0.2, -0.15) is 0 Å². The molecule has 2 heterocycles. The molecule has 3 amide bonds. The number of hydrogen-bond donors (Lipinski definition) is 1. The molecule has 0 bridgehead atoms. The number of carbonyl (C=O) groups is 2. The first kappa shape index (κ1) is 19.6. The zero-order chi connectivity index (χ0) is 19.6. The lowest BCUT2D eigenvalue weighted by Crippen LogP contribution is -2.45. The molecule has 27 heavy (non-hydrogen) atoms. The fourth-order valence-electron chi connectivity index (χ4n) is 3.15. The second-order valence-corrected chi connectivity index (χ2v) is 8.50. The average Bonchev–Trinajstić information content (AvgIpc) is 3.01. The minimum Gasteiger partial charge on any atom is -0.331 e. The standard InChI is InChI=1S/C19H23ClN4O2S/c1-12-16(13-4-6-15(20)7-5-13)21-18(27-12)22-17(25)14-8-10-24(11-9-14)19(26)23(2)3/h4-7,14H,8-11H2,1-3H3,(H,21,22,25). The molecular weight excluding hydrogens is 384 g/mol. The summed E-state index contributed by atoms with van der Waals surface area (Å²) < 4.78 is 0. The van der Waals surface area contributed by atoms with Gasteiger partial charge in [0.25, 0.3) is 0 Å². The summed E-state index contributed by atoms with van der Waals surface area (Å²) in [5.74, 6) is -0.122. The molecule has 0 spiro atoms. The van der Waals surface area contributed by atoms with Gasteiger partial charge in [-0.1, -0.05) is 23.7 Å². The third-order valence-electron chi connectivity index (χ3n) is 4.66. The second kappa shape index (κ2) is 8.27. The molecule has 3 rings (SSSR count). The lowest BCUT2D eigenvalue weighted by atomic mass is 9.96. The van der Waals surface area contributed by atoms with E-state index >= 15 is 0 Å². The average molecular weight is 407 g/mol. The molecule has 1 aliphatic rings. The number of amides is 3. The number of rotatable bonds is 3. The van der Waals surface area contributed by atoms with Gasteiger partial charge >= 0.3 is 6.03 Å². The fraction of sp³-hybridized carbons (Fsp3) is 0.421. The van der Waals surface area contributed by atoms with Crippen LogP contribution in [-0.2, 0) is 4.79 Å². The molecule has 6 nitrogen and oxygen atoms in total. The van der Waals surface area contributed by atoms with Gasteiger partial charge in [0.1, 0.15) is 0 Å². The van der Waals surface area contributed by atoms with E-state index in [4.69, 9.17) is 11.6 Å². The normalized spacial score (nSPS) is 14.9. The Labute approximate surface area is 168 Å². The molecule has 0 atom stereocenters. The van der Waals surface area contributed by atoms with Crippen molar-refractivity contribution in [3.8, 4) is 11.3 Å². The molecule has 0 unspecified atom stereocenters. The Morgan fingerprint density at radius 1 is 1.22 bits per heavy atom. The minimum absolute atomic E-state index is 0.00277. The van der Waals surface area contributed by atoms with E-state index in [0.29, 0.717) is 36.1 Å². The molecule has 144 valence electrons. The number of benzene rings is 1.